The number of nitrogens with zero attached hydrogens (tertiary/aromatic N) is 1. The van der Waals surface area contributed by atoms with E-state index in [0.717, 1.165) is 0 Å². The first kappa shape index (κ1) is 11.3. The Morgan fingerprint density at radius 2 is 2.27 bits per heavy atom. The number of pyridine rings is 1. The van der Waals surface area contributed by atoms with Crippen molar-refractivity contribution in [2.75, 3.05) is 12.4 Å². The molecule has 3 N–H and O–H groups in total. The van der Waals surface area contributed by atoms with Crippen LogP contribution in [-0.2, 0) is 4.79 Å². The Morgan fingerprint density at radius 3 is 2.80 bits per heavy atom. The minimum atomic E-state index is -0.859. The molecule has 1 aromatic heterocycles. The Bertz CT molecular complexity index is 363. The van der Waals surface area contributed by atoms with Crippen LogP contribution in [-0.4, -0.2) is 23.5 Å². The Kier molecular flexibility index (Phi) is 3.14. The fourth-order valence-electron chi connectivity index (χ4n) is 1.01. The van der Waals surface area contributed by atoms with Gasteiger partial charge in [-0.3, -0.25) is 4.79 Å². The highest BCUT2D eigenvalue weighted by Crippen LogP contribution is 2.23. The number of carbonyl (C=O) groups is 1. The maximum atomic E-state index is 11.1. The smallest absolute Gasteiger partial charge is 0.242 e. The van der Waals surface area contributed by atoms with Gasteiger partial charge >= 0.3 is 0 Å². The Hall–Kier alpha value is -1.78. The molecule has 15 heavy (non-hydrogen) atoms. The van der Waals surface area contributed by atoms with E-state index in [9.17, 15) is 4.79 Å². The lowest BCUT2D eigenvalue weighted by atomic mass is 10.1. The minimum absolute atomic E-state index is 0.449. The van der Waals surface area contributed by atoms with Gasteiger partial charge in [0.05, 0.1) is 7.11 Å². The lowest BCUT2D eigenvalue weighted by molar-refractivity contribution is -0.121. The quantitative estimate of drug-likeness (QED) is 0.767. The predicted octanol–water partition coefficient (Wildman–Crippen LogP) is 0.766. The fourth-order valence-corrected chi connectivity index (χ4v) is 1.01. The first-order chi connectivity index (χ1) is 6.97. The third-order valence-electron chi connectivity index (χ3n) is 2.04. The number of methoxy groups -OCH3 is 1. The molecule has 0 atom stereocenters. The van der Waals surface area contributed by atoms with Crippen molar-refractivity contribution >= 4 is 11.7 Å². The van der Waals surface area contributed by atoms with E-state index < -0.39 is 11.4 Å². The van der Waals surface area contributed by atoms with Gasteiger partial charge < -0.3 is 15.8 Å². The van der Waals surface area contributed by atoms with Gasteiger partial charge in [0.15, 0.2) is 11.6 Å². The van der Waals surface area contributed by atoms with Gasteiger partial charge in [0, 0.05) is 6.20 Å². The number of nitrogens with two attached hydrogens (primary N) is 1. The van der Waals surface area contributed by atoms with Crippen molar-refractivity contribution in [1.29, 1.82) is 0 Å². The van der Waals surface area contributed by atoms with Gasteiger partial charge in [-0.15, -0.1) is 0 Å². The third-order valence-corrected chi connectivity index (χ3v) is 2.04. The van der Waals surface area contributed by atoms with Gasteiger partial charge in [-0.1, -0.05) is 0 Å². The summed E-state index contributed by atoms with van der Waals surface area (Å²) in [6, 6.07) is 3.51. The van der Waals surface area contributed by atoms with Crippen molar-refractivity contribution in [1.82, 2.24) is 4.98 Å². The van der Waals surface area contributed by atoms with Crippen molar-refractivity contribution < 1.29 is 9.53 Å². The summed E-state index contributed by atoms with van der Waals surface area (Å²) in [6.07, 6.45) is 1.61. The average molecular weight is 209 g/mol. The lowest BCUT2D eigenvalue weighted by Crippen LogP contribution is -2.45. The van der Waals surface area contributed by atoms with E-state index in [4.69, 9.17) is 10.5 Å². The normalized spacial score (nSPS) is 10.9. The number of rotatable bonds is 4. The van der Waals surface area contributed by atoms with Gasteiger partial charge in [0.2, 0.25) is 5.91 Å². The first-order valence-electron chi connectivity index (χ1n) is 4.54. The fraction of sp³-hybridized carbons (Fsp3) is 0.400. The molecule has 0 saturated heterocycles. The zero-order valence-corrected chi connectivity index (χ0v) is 9.07. The topological polar surface area (TPSA) is 77.2 Å². The van der Waals surface area contributed by atoms with Crippen LogP contribution in [0.3, 0.4) is 0 Å². The Labute approximate surface area is 88.6 Å². The van der Waals surface area contributed by atoms with E-state index >= 15 is 0 Å². The number of anilines is 1. The molecule has 0 aliphatic heterocycles. The van der Waals surface area contributed by atoms with Gasteiger partial charge in [0.1, 0.15) is 5.54 Å². The molecule has 82 valence electrons. The summed E-state index contributed by atoms with van der Waals surface area (Å²) in [4.78, 5) is 15.2. The molecule has 0 radical (unpaired) electrons. The summed E-state index contributed by atoms with van der Waals surface area (Å²) in [5, 5.41) is 2.93. The van der Waals surface area contributed by atoms with Crippen LogP contribution in [0.4, 0.5) is 5.82 Å². The maximum Gasteiger partial charge on any atom is 0.242 e. The molecule has 5 nitrogen and oxygen atoms in total. The second kappa shape index (κ2) is 4.16. The molecule has 0 bridgehead atoms. The summed E-state index contributed by atoms with van der Waals surface area (Å²) in [7, 11) is 1.54. The van der Waals surface area contributed by atoms with E-state index in [-0.39, 0.29) is 0 Å². The van der Waals surface area contributed by atoms with Crippen molar-refractivity contribution in [3.63, 3.8) is 0 Å². The average Bonchev–Trinajstić information content (AvgIpc) is 2.18. The number of carbonyl (C=O) groups excluding carboxylic acids is 1. The van der Waals surface area contributed by atoms with Crippen LogP contribution < -0.4 is 15.8 Å². The second-order valence-electron chi connectivity index (χ2n) is 3.67. The SMILES string of the molecule is COc1cccnc1NC(C)(C)C(N)=O. The summed E-state index contributed by atoms with van der Waals surface area (Å²) in [5.74, 6) is 0.630. The second-order valence-corrected chi connectivity index (χ2v) is 3.67. The molecule has 5 heteroatoms. The molecule has 1 amide bonds. The number of aromatic nitrogens is 1. The third kappa shape index (κ3) is 2.59. The van der Waals surface area contributed by atoms with Gasteiger partial charge in [0.25, 0.3) is 0 Å². The van der Waals surface area contributed by atoms with Crippen LogP contribution in [0, 0.1) is 0 Å². The molecule has 0 aromatic carbocycles. The largest absolute Gasteiger partial charge is 0.493 e. The number of nitrogens with one attached hydrogen (secondary N) is 1. The van der Waals surface area contributed by atoms with Crippen LogP contribution in [0.5, 0.6) is 5.75 Å². The van der Waals surface area contributed by atoms with Crippen molar-refractivity contribution in [2.45, 2.75) is 19.4 Å². The summed E-state index contributed by atoms with van der Waals surface area (Å²) < 4.78 is 5.09. The highest BCUT2D eigenvalue weighted by Gasteiger charge is 2.25. The Morgan fingerprint density at radius 1 is 1.60 bits per heavy atom. The first-order valence-corrected chi connectivity index (χ1v) is 4.54. The zero-order chi connectivity index (χ0) is 11.5. The zero-order valence-electron chi connectivity index (χ0n) is 9.07. The van der Waals surface area contributed by atoms with Gasteiger partial charge in [-0.2, -0.15) is 0 Å². The Balaban J connectivity index is 2.94. The molecule has 0 spiro atoms. The van der Waals surface area contributed by atoms with Crippen LogP contribution in [0.15, 0.2) is 18.3 Å². The summed E-state index contributed by atoms with van der Waals surface area (Å²) in [6.45, 7) is 3.37. The van der Waals surface area contributed by atoms with Crippen LogP contribution in [0.2, 0.25) is 0 Å². The number of hydrogen-bond donors (Lipinski definition) is 2. The molecule has 0 saturated carbocycles. The van der Waals surface area contributed by atoms with Gasteiger partial charge in [-0.25, -0.2) is 4.98 Å². The van der Waals surface area contributed by atoms with Crippen LogP contribution in [0.1, 0.15) is 13.8 Å². The molecule has 1 heterocycles. The highest BCUT2D eigenvalue weighted by molar-refractivity contribution is 5.87. The molecular weight excluding hydrogens is 194 g/mol. The summed E-state index contributed by atoms with van der Waals surface area (Å²) >= 11 is 0. The molecule has 1 rings (SSSR count). The molecule has 0 unspecified atom stereocenters. The molecular formula is C10H15N3O2. The summed E-state index contributed by atoms with van der Waals surface area (Å²) in [5.41, 5.74) is 4.38. The van der Waals surface area contributed by atoms with Crippen molar-refractivity contribution in [3.8, 4) is 5.75 Å². The van der Waals surface area contributed by atoms with Crippen molar-refractivity contribution in [3.05, 3.63) is 18.3 Å². The number of hydrogen-bond acceptors (Lipinski definition) is 4. The predicted molar refractivity (Wildman–Crippen MR) is 57.7 cm³/mol. The van der Waals surface area contributed by atoms with E-state index in [1.165, 1.54) is 0 Å². The van der Waals surface area contributed by atoms with Crippen LogP contribution >= 0.6 is 0 Å². The molecule has 0 aliphatic rings. The number of amides is 1. The maximum absolute atomic E-state index is 11.1. The van der Waals surface area contributed by atoms with Crippen molar-refractivity contribution in [2.24, 2.45) is 5.73 Å². The standard InChI is InChI=1S/C10H15N3O2/c1-10(2,9(11)14)13-8-7(15-3)5-4-6-12-8/h4-6H,1-3H3,(H2,11,14)(H,12,13). The van der Waals surface area contributed by atoms with E-state index in [1.807, 2.05) is 0 Å². The highest BCUT2D eigenvalue weighted by atomic mass is 16.5. The van der Waals surface area contributed by atoms with E-state index in [2.05, 4.69) is 10.3 Å². The number of ether oxygens (including phenoxy) is 1. The lowest BCUT2D eigenvalue weighted by Gasteiger charge is -2.23. The van der Waals surface area contributed by atoms with Crippen LogP contribution in [0.25, 0.3) is 0 Å². The minimum Gasteiger partial charge on any atom is -0.493 e. The van der Waals surface area contributed by atoms with E-state index in [0.29, 0.717) is 11.6 Å². The van der Waals surface area contributed by atoms with E-state index in [1.54, 1.807) is 39.3 Å². The number of primary amides is 1. The molecule has 0 aliphatic carbocycles. The molecule has 0 fully saturated rings. The monoisotopic (exact) mass is 209 g/mol. The van der Waals surface area contributed by atoms with Gasteiger partial charge in [-0.05, 0) is 26.0 Å². The molecule has 1 aromatic rings.